The minimum Gasteiger partial charge on any atom is -0.488 e. The molecule has 1 aromatic carbocycles. The summed E-state index contributed by atoms with van der Waals surface area (Å²) in [5.41, 5.74) is 5.90. The largest absolute Gasteiger partial charge is 0.488 e. The lowest BCUT2D eigenvalue weighted by molar-refractivity contribution is 0.0211. The van der Waals surface area contributed by atoms with Gasteiger partial charge in [-0.2, -0.15) is 0 Å². The Kier molecular flexibility index (Phi) is 4.52. The number of ether oxygens (including phenoxy) is 2. The van der Waals surface area contributed by atoms with E-state index in [4.69, 9.17) is 20.3 Å². The number of para-hydroxylation sites is 1. The maximum Gasteiger partial charge on any atom is 0.240 e. The fourth-order valence-electron chi connectivity index (χ4n) is 2.48. The van der Waals surface area contributed by atoms with E-state index in [1.165, 1.54) is 6.07 Å². The van der Waals surface area contributed by atoms with Gasteiger partial charge in [0.1, 0.15) is 16.7 Å². The van der Waals surface area contributed by atoms with Crippen molar-refractivity contribution in [1.82, 2.24) is 0 Å². The number of hydrogen-bond acceptors (Lipinski definition) is 5. The number of primary sulfonamides is 1. The Morgan fingerprint density at radius 3 is 2.60 bits per heavy atom. The van der Waals surface area contributed by atoms with Crippen LogP contribution in [0.4, 0.5) is 5.69 Å². The van der Waals surface area contributed by atoms with Gasteiger partial charge in [-0.1, -0.05) is 6.07 Å². The van der Waals surface area contributed by atoms with Crippen LogP contribution in [0.25, 0.3) is 0 Å². The van der Waals surface area contributed by atoms with E-state index in [1.807, 2.05) is 0 Å². The normalized spacial score (nSPS) is 23.5. The standard InChI is InChI=1S/C13H20N2O4S/c1-18-9-4-2-5-10(8-9)19-11-6-3-7-12(13(11)14)20(15,16)17/h3,6-7,9-10H,2,4-5,8,14H2,1H3,(H2,15,16,17). The van der Waals surface area contributed by atoms with Crippen LogP contribution in [0.1, 0.15) is 25.7 Å². The van der Waals surface area contributed by atoms with Gasteiger partial charge in [-0.15, -0.1) is 0 Å². The molecule has 0 spiro atoms. The van der Waals surface area contributed by atoms with Gasteiger partial charge in [-0.25, -0.2) is 13.6 Å². The summed E-state index contributed by atoms with van der Waals surface area (Å²) in [7, 11) is -2.16. The van der Waals surface area contributed by atoms with Crippen LogP contribution in [-0.2, 0) is 14.8 Å². The number of benzene rings is 1. The van der Waals surface area contributed by atoms with Crippen LogP contribution in [0.5, 0.6) is 5.75 Å². The van der Waals surface area contributed by atoms with Crippen molar-refractivity contribution in [1.29, 1.82) is 0 Å². The van der Waals surface area contributed by atoms with Gasteiger partial charge in [0.15, 0.2) is 0 Å². The van der Waals surface area contributed by atoms with Crippen molar-refractivity contribution in [3.63, 3.8) is 0 Å². The predicted octanol–water partition coefficient (Wildman–Crippen LogP) is 1.25. The summed E-state index contributed by atoms with van der Waals surface area (Å²) in [5, 5.41) is 5.12. The molecule has 1 fully saturated rings. The molecular formula is C13H20N2O4S. The molecule has 1 aliphatic carbocycles. The average Bonchev–Trinajstić information content (AvgIpc) is 2.40. The Hall–Kier alpha value is -1.31. The van der Waals surface area contributed by atoms with Gasteiger partial charge in [0, 0.05) is 13.5 Å². The molecule has 0 saturated heterocycles. The molecule has 1 saturated carbocycles. The number of hydrogen-bond donors (Lipinski definition) is 2. The van der Waals surface area contributed by atoms with Crippen molar-refractivity contribution in [3.8, 4) is 5.75 Å². The molecule has 0 radical (unpaired) electrons. The van der Waals surface area contributed by atoms with Gasteiger partial charge < -0.3 is 15.2 Å². The van der Waals surface area contributed by atoms with Crippen molar-refractivity contribution >= 4 is 15.7 Å². The zero-order valence-corrected chi connectivity index (χ0v) is 12.2. The summed E-state index contributed by atoms with van der Waals surface area (Å²) >= 11 is 0. The summed E-state index contributed by atoms with van der Waals surface area (Å²) in [6, 6.07) is 4.60. The zero-order valence-electron chi connectivity index (χ0n) is 11.4. The van der Waals surface area contributed by atoms with Crippen LogP contribution in [0.15, 0.2) is 23.1 Å². The topological polar surface area (TPSA) is 105 Å². The second-order valence-electron chi connectivity index (χ2n) is 4.98. The van der Waals surface area contributed by atoms with Crippen LogP contribution in [-0.4, -0.2) is 27.7 Å². The third kappa shape index (κ3) is 3.41. The van der Waals surface area contributed by atoms with E-state index in [-0.39, 0.29) is 22.8 Å². The van der Waals surface area contributed by atoms with Gasteiger partial charge in [0.25, 0.3) is 0 Å². The zero-order chi connectivity index (χ0) is 14.8. The molecule has 7 heteroatoms. The highest BCUT2D eigenvalue weighted by Gasteiger charge is 2.24. The molecule has 4 N–H and O–H groups in total. The van der Waals surface area contributed by atoms with Gasteiger partial charge in [-0.3, -0.25) is 0 Å². The molecular weight excluding hydrogens is 280 g/mol. The monoisotopic (exact) mass is 300 g/mol. The Morgan fingerprint density at radius 1 is 1.25 bits per heavy atom. The second kappa shape index (κ2) is 5.99. The lowest BCUT2D eigenvalue weighted by Gasteiger charge is -2.29. The molecule has 0 aliphatic heterocycles. The third-order valence-electron chi connectivity index (χ3n) is 3.54. The van der Waals surface area contributed by atoms with Gasteiger partial charge >= 0.3 is 0 Å². The van der Waals surface area contributed by atoms with E-state index >= 15 is 0 Å². The van der Waals surface area contributed by atoms with Gasteiger partial charge in [-0.05, 0) is 31.4 Å². The van der Waals surface area contributed by atoms with Gasteiger partial charge in [0.2, 0.25) is 10.0 Å². The van der Waals surface area contributed by atoms with Crippen LogP contribution in [0.2, 0.25) is 0 Å². The van der Waals surface area contributed by atoms with Crippen molar-refractivity contribution in [2.75, 3.05) is 12.8 Å². The van der Waals surface area contributed by atoms with E-state index in [1.54, 1.807) is 19.2 Å². The SMILES string of the molecule is COC1CCCC(Oc2cccc(S(N)(=O)=O)c2N)C1. The van der Waals surface area contributed by atoms with Crippen LogP contribution >= 0.6 is 0 Å². The molecule has 20 heavy (non-hydrogen) atoms. The molecule has 112 valence electrons. The fourth-order valence-corrected chi connectivity index (χ4v) is 3.15. The highest BCUT2D eigenvalue weighted by atomic mass is 32.2. The lowest BCUT2D eigenvalue weighted by atomic mass is 9.95. The predicted molar refractivity (Wildman–Crippen MR) is 75.9 cm³/mol. The summed E-state index contributed by atoms with van der Waals surface area (Å²) in [6.45, 7) is 0. The molecule has 0 heterocycles. The Bertz CT molecular complexity index is 574. The minimum atomic E-state index is -3.84. The molecule has 2 unspecified atom stereocenters. The van der Waals surface area contributed by atoms with Gasteiger partial charge in [0.05, 0.1) is 11.8 Å². The molecule has 2 rings (SSSR count). The van der Waals surface area contributed by atoms with Crippen LogP contribution in [0, 0.1) is 0 Å². The molecule has 0 bridgehead atoms. The Balaban J connectivity index is 2.18. The first-order valence-corrected chi connectivity index (χ1v) is 8.07. The Morgan fingerprint density at radius 2 is 1.95 bits per heavy atom. The molecule has 2 atom stereocenters. The number of sulfonamides is 1. The molecule has 1 aromatic rings. The lowest BCUT2D eigenvalue weighted by Crippen LogP contribution is -2.29. The number of rotatable bonds is 4. The van der Waals surface area contributed by atoms with E-state index < -0.39 is 10.0 Å². The first-order chi connectivity index (χ1) is 9.41. The third-order valence-corrected chi connectivity index (χ3v) is 4.51. The van der Waals surface area contributed by atoms with Crippen LogP contribution < -0.4 is 15.6 Å². The minimum absolute atomic E-state index is 0.0215. The highest BCUT2D eigenvalue weighted by molar-refractivity contribution is 7.89. The highest BCUT2D eigenvalue weighted by Crippen LogP contribution is 2.31. The maximum atomic E-state index is 11.4. The first-order valence-electron chi connectivity index (χ1n) is 6.52. The Labute approximate surface area is 119 Å². The van der Waals surface area contributed by atoms with Crippen molar-refractivity contribution in [3.05, 3.63) is 18.2 Å². The molecule has 0 aromatic heterocycles. The smallest absolute Gasteiger partial charge is 0.240 e. The number of nitrogens with two attached hydrogens (primary N) is 2. The quantitative estimate of drug-likeness (QED) is 0.814. The van der Waals surface area contributed by atoms with Crippen LogP contribution in [0.3, 0.4) is 0 Å². The summed E-state index contributed by atoms with van der Waals surface area (Å²) in [5.74, 6) is 0.360. The second-order valence-corrected chi connectivity index (χ2v) is 6.51. The number of methoxy groups -OCH3 is 1. The number of nitrogen functional groups attached to an aromatic ring is 1. The van der Waals surface area contributed by atoms with Crippen molar-refractivity contribution < 1.29 is 17.9 Å². The van der Waals surface area contributed by atoms with Crippen molar-refractivity contribution in [2.45, 2.75) is 42.8 Å². The van der Waals surface area contributed by atoms with Crippen molar-refractivity contribution in [2.24, 2.45) is 5.14 Å². The van der Waals surface area contributed by atoms with E-state index in [9.17, 15) is 8.42 Å². The molecule has 0 amide bonds. The fraction of sp³-hybridized carbons (Fsp3) is 0.538. The maximum absolute atomic E-state index is 11.4. The first kappa shape index (κ1) is 15.1. The number of anilines is 1. The summed E-state index contributed by atoms with van der Waals surface area (Å²) in [6.07, 6.45) is 3.86. The summed E-state index contributed by atoms with van der Waals surface area (Å²) < 4.78 is 34.0. The average molecular weight is 300 g/mol. The molecule has 6 nitrogen and oxygen atoms in total. The van der Waals surface area contributed by atoms with E-state index in [2.05, 4.69) is 0 Å². The van der Waals surface area contributed by atoms with E-state index in [0.717, 1.165) is 25.7 Å². The molecule has 1 aliphatic rings. The summed E-state index contributed by atoms with van der Waals surface area (Å²) in [4.78, 5) is -0.103. The van der Waals surface area contributed by atoms with E-state index in [0.29, 0.717) is 5.75 Å².